The van der Waals surface area contributed by atoms with Crippen molar-refractivity contribution in [1.82, 2.24) is 0 Å². The van der Waals surface area contributed by atoms with Gasteiger partial charge in [0.2, 0.25) is 0 Å². The van der Waals surface area contributed by atoms with E-state index < -0.39 is 11.8 Å². The highest BCUT2D eigenvalue weighted by molar-refractivity contribution is 8.00. The predicted molar refractivity (Wildman–Crippen MR) is 115 cm³/mol. The number of hydrogen-bond donors (Lipinski definition) is 1. The number of carbonyl (C=O) groups is 1. The first-order chi connectivity index (χ1) is 14.5. The number of carboxylic acid groups (broad SMARTS) is 1. The number of ether oxygens (including phenoxy) is 4. The van der Waals surface area contributed by atoms with Gasteiger partial charge in [0.15, 0.2) is 5.79 Å². The van der Waals surface area contributed by atoms with Crippen molar-refractivity contribution in [2.24, 2.45) is 0 Å². The van der Waals surface area contributed by atoms with Gasteiger partial charge in [-0.25, -0.2) is 4.79 Å². The molecule has 8 heteroatoms. The van der Waals surface area contributed by atoms with Gasteiger partial charge >= 0.3 is 5.97 Å². The lowest BCUT2D eigenvalue weighted by atomic mass is 9.94. The van der Waals surface area contributed by atoms with Gasteiger partial charge in [-0.1, -0.05) is 23.7 Å². The van der Waals surface area contributed by atoms with Gasteiger partial charge in [-0.3, -0.25) is 0 Å². The van der Waals surface area contributed by atoms with Gasteiger partial charge in [-0.05, 0) is 42.5 Å². The van der Waals surface area contributed by atoms with Crippen LogP contribution >= 0.6 is 23.4 Å². The van der Waals surface area contributed by atoms with E-state index in [4.69, 9.17) is 30.5 Å². The third-order valence-corrected chi connectivity index (χ3v) is 7.92. The maximum absolute atomic E-state index is 12.1. The summed E-state index contributed by atoms with van der Waals surface area (Å²) in [6.07, 6.45) is 4.24. The summed E-state index contributed by atoms with van der Waals surface area (Å²) in [6, 6.07) is 6.00. The molecule has 1 fully saturated rings. The normalized spacial score (nSPS) is 29.8. The van der Waals surface area contributed by atoms with E-state index in [9.17, 15) is 9.90 Å². The highest BCUT2D eigenvalue weighted by Crippen LogP contribution is 2.50. The largest absolute Gasteiger partial charge is 0.478 e. The minimum Gasteiger partial charge on any atom is -0.478 e. The highest BCUT2D eigenvalue weighted by Gasteiger charge is 2.50. The van der Waals surface area contributed by atoms with E-state index in [2.05, 4.69) is 6.07 Å². The van der Waals surface area contributed by atoms with Gasteiger partial charge in [-0.15, -0.1) is 11.8 Å². The molecule has 4 rings (SSSR count). The van der Waals surface area contributed by atoms with Crippen LogP contribution in [0.2, 0.25) is 5.02 Å². The van der Waals surface area contributed by atoms with Gasteiger partial charge in [0.1, 0.15) is 12.2 Å². The van der Waals surface area contributed by atoms with Crippen LogP contribution in [-0.4, -0.2) is 61.8 Å². The molecule has 1 aromatic carbocycles. The molecule has 1 saturated heterocycles. The molecule has 0 bridgehead atoms. The molecular formula is C22H27ClO6S. The zero-order chi connectivity index (χ0) is 21.3. The Hall–Kier alpha value is -1.09. The highest BCUT2D eigenvalue weighted by atomic mass is 35.5. The number of fused-ring (bicyclic) bond motifs is 1. The van der Waals surface area contributed by atoms with E-state index in [1.807, 2.05) is 12.1 Å². The molecular weight excluding hydrogens is 428 g/mol. The van der Waals surface area contributed by atoms with Crippen molar-refractivity contribution in [1.29, 1.82) is 0 Å². The van der Waals surface area contributed by atoms with Gasteiger partial charge in [0.25, 0.3) is 0 Å². The molecule has 0 amide bonds. The number of thioether (sulfide) groups is 1. The van der Waals surface area contributed by atoms with Crippen LogP contribution in [0.4, 0.5) is 0 Å². The number of hydrogen-bond acceptors (Lipinski definition) is 6. The maximum Gasteiger partial charge on any atom is 0.332 e. The lowest BCUT2D eigenvalue weighted by Crippen LogP contribution is -2.37. The first-order valence-electron chi connectivity index (χ1n) is 10.2. The zero-order valence-electron chi connectivity index (χ0n) is 17.1. The fourth-order valence-electron chi connectivity index (χ4n) is 4.65. The molecule has 30 heavy (non-hydrogen) atoms. The van der Waals surface area contributed by atoms with Crippen molar-refractivity contribution < 1.29 is 28.8 Å². The van der Waals surface area contributed by atoms with Crippen LogP contribution in [0.25, 0.3) is 0 Å². The molecule has 164 valence electrons. The first-order valence-corrected chi connectivity index (χ1v) is 11.5. The molecule has 1 heterocycles. The smallest absolute Gasteiger partial charge is 0.332 e. The number of methoxy groups -OCH3 is 2. The van der Waals surface area contributed by atoms with Crippen LogP contribution in [0, 0.1) is 0 Å². The van der Waals surface area contributed by atoms with E-state index in [-0.39, 0.29) is 22.7 Å². The average molecular weight is 455 g/mol. The molecule has 1 aromatic rings. The Morgan fingerprint density at radius 1 is 1.20 bits per heavy atom. The molecule has 0 radical (unpaired) electrons. The van der Waals surface area contributed by atoms with Crippen molar-refractivity contribution in [2.75, 3.05) is 27.4 Å². The second-order valence-corrected chi connectivity index (χ2v) is 9.76. The SMILES string of the molecule is COC[C@H]1OC2(C=C(C(=O)O)[C@H](S[C@H]3CCc4cccc(Cl)c43)CC2)O[C@@H]1COC. The standard InChI is InChI=1S/C22H27ClO6S/c1-26-11-16-17(12-27-2)29-22(28-16)9-8-18(14(10-22)21(24)25)30-19-7-6-13-4-3-5-15(23)20(13)19/h3-5,10,16-19H,6-9,11-12H2,1-2H3,(H,24,25)/t16-,17-,18-,19+/m1/s1. The lowest BCUT2D eigenvalue weighted by molar-refractivity contribution is -0.154. The molecule has 1 spiro atoms. The van der Waals surface area contributed by atoms with Crippen LogP contribution in [0.1, 0.15) is 35.6 Å². The minimum absolute atomic E-state index is 0.144. The molecule has 0 saturated carbocycles. The molecule has 0 aromatic heterocycles. The Morgan fingerprint density at radius 2 is 1.90 bits per heavy atom. The summed E-state index contributed by atoms with van der Waals surface area (Å²) in [6.45, 7) is 0.725. The summed E-state index contributed by atoms with van der Waals surface area (Å²) in [5.41, 5.74) is 2.75. The summed E-state index contributed by atoms with van der Waals surface area (Å²) >= 11 is 8.15. The van der Waals surface area contributed by atoms with Gasteiger partial charge in [0, 0.05) is 36.2 Å². The van der Waals surface area contributed by atoms with Crippen LogP contribution in [0.5, 0.6) is 0 Å². The van der Waals surface area contributed by atoms with E-state index in [0.717, 1.165) is 23.4 Å². The Balaban J connectivity index is 1.55. The minimum atomic E-state index is -1.04. The summed E-state index contributed by atoms with van der Waals surface area (Å²) < 4.78 is 22.8. The fraction of sp³-hybridized carbons (Fsp3) is 0.591. The molecule has 1 N–H and O–H groups in total. The third kappa shape index (κ3) is 4.29. The molecule has 0 unspecified atom stereocenters. The second-order valence-electron chi connectivity index (χ2n) is 7.94. The Kier molecular flexibility index (Phi) is 6.77. The number of aliphatic carboxylic acids is 1. The Morgan fingerprint density at radius 3 is 2.53 bits per heavy atom. The fourth-order valence-corrected chi connectivity index (χ4v) is 6.67. The number of rotatable bonds is 7. The van der Waals surface area contributed by atoms with Crippen molar-refractivity contribution in [3.63, 3.8) is 0 Å². The summed E-state index contributed by atoms with van der Waals surface area (Å²) in [5.74, 6) is -1.97. The first kappa shape index (κ1) is 22.1. The quantitative estimate of drug-likeness (QED) is 0.667. The van der Waals surface area contributed by atoms with Crippen molar-refractivity contribution in [3.8, 4) is 0 Å². The molecule has 3 aliphatic rings. The van der Waals surface area contributed by atoms with Gasteiger partial charge in [-0.2, -0.15) is 0 Å². The molecule has 1 aliphatic heterocycles. The lowest BCUT2D eigenvalue weighted by Gasteiger charge is -2.34. The average Bonchev–Trinajstić information content (AvgIpc) is 3.27. The Bertz CT molecular complexity index is 814. The van der Waals surface area contributed by atoms with Crippen molar-refractivity contribution >= 4 is 29.3 Å². The van der Waals surface area contributed by atoms with Crippen molar-refractivity contribution in [3.05, 3.63) is 46.0 Å². The zero-order valence-corrected chi connectivity index (χ0v) is 18.7. The summed E-state index contributed by atoms with van der Waals surface area (Å²) in [7, 11) is 3.21. The van der Waals surface area contributed by atoms with Crippen molar-refractivity contribution in [2.45, 2.75) is 54.2 Å². The van der Waals surface area contributed by atoms with E-state index in [0.29, 0.717) is 31.6 Å². The van der Waals surface area contributed by atoms with Crippen LogP contribution in [-0.2, 0) is 30.2 Å². The van der Waals surface area contributed by atoms with E-state index in [1.165, 1.54) is 5.56 Å². The van der Waals surface area contributed by atoms with E-state index in [1.54, 1.807) is 32.1 Å². The predicted octanol–water partition coefficient (Wildman–Crippen LogP) is 4.01. The number of benzene rings is 1. The third-order valence-electron chi connectivity index (χ3n) is 5.97. The molecule has 4 atom stereocenters. The topological polar surface area (TPSA) is 74.2 Å². The number of carboxylic acids is 1. The van der Waals surface area contributed by atoms with Crippen LogP contribution < -0.4 is 0 Å². The molecule has 2 aliphatic carbocycles. The van der Waals surface area contributed by atoms with E-state index >= 15 is 0 Å². The Labute approximate surface area is 185 Å². The van der Waals surface area contributed by atoms with Gasteiger partial charge < -0.3 is 24.1 Å². The number of halogens is 1. The number of aryl methyl sites for hydroxylation is 1. The van der Waals surface area contributed by atoms with Crippen LogP contribution in [0.15, 0.2) is 29.8 Å². The summed E-state index contributed by atoms with van der Waals surface area (Å²) in [4.78, 5) is 12.1. The monoisotopic (exact) mass is 454 g/mol. The summed E-state index contributed by atoms with van der Waals surface area (Å²) in [5, 5.41) is 10.8. The maximum atomic E-state index is 12.1. The van der Waals surface area contributed by atoms with Crippen LogP contribution in [0.3, 0.4) is 0 Å². The second kappa shape index (κ2) is 9.18. The molecule has 6 nitrogen and oxygen atoms in total. The van der Waals surface area contributed by atoms with Gasteiger partial charge in [0.05, 0.1) is 18.8 Å².